The fourth-order valence-electron chi connectivity index (χ4n) is 1.99. The van der Waals surface area contributed by atoms with E-state index in [1.807, 2.05) is 12.1 Å². The van der Waals surface area contributed by atoms with Crippen molar-refractivity contribution in [3.8, 4) is 0 Å². The third-order valence-corrected chi connectivity index (χ3v) is 3.63. The van der Waals surface area contributed by atoms with Crippen molar-refractivity contribution in [3.05, 3.63) is 32.8 Å². The Balaban J connectivity index is 2.32. The number of hydrogen-bond acceptors (Lipinski definition) is 4. The van der Waals surface area contributed by atoms with Gasteiger partial charge in [-0.2, -0.15) is 0 Å². The Morgan fingerprint density at radius 1 is 1.29 bits per heavy atom. The molecule has 17 heavy (non-hydrogen) atoms. The number of para-hydroxylation sites is 1. The smallest absolute Gasteiger partial charge is 0.306 e. The number of nitrogens with zero attached hydrogens (tertiary/aromatic N) is 3. The Morgan fingerprint density at radius 3 is 2.53 bits per heavy atom. The minimum atomic E-state index is -0.322. The lowest BCUT2D eigenvalue weighted by atomic mass is 10.2. The number of anilines is 1. The molecule has 6 heteroatoms. The van der Waals surface area contributed by atoms with Gasteiger partial charge in [0.15, 0.2) is 0 Å². The second kappa shape index (κ2) is 5.01. The third-order valence-electron chi connectivity index (χ3n) is 2.99. The van der Waals surface area contributed by atoms with Crippen LogP contribution in [0.25, 0.3) is 0 Å². The van der Waals surface area contributed by atoms with Gasteiger partial charge in [0.25, 0.3) is 0 Å². The van der Waals surface area contributed by atoms with Crippen LogP contribution in [0, 0.1) is 10.1 Å². The first-order valence-electron chi connectivity index (χ1n) is 5.46. The van der Waals surface area contributed by atoms with Crippen molar-refractivity contribution < 1.29 is 4.92 Å². The first-order chi connectivity index (χ1) is 8.09. The van der Waals surface area contributed by atoms with E-state index >= 15 is 0 Å². The van der Waals surface area contributed by atoms with Crippen LogP contribution in [0.4, 0.5) is 11.4 Å². The summed E-state index contributed by atoms with van der Waals surface area (Å²) >= 11 is 3.25. The van der Waals surface area contributed by atoms with E-state index in [4.69, 9.17) is 0 Å². The van der Waals surface area contributed by atoms with Crippen molar-refractivity contribution >= 4 is 27.3 Å². The second-order valence-corrected chi connectivity index (χ2v) is 5.01. The first-order valence-corrected chi connectivity index (χ1v) is 6.25. The van der Waals surface area contributed by atoms with Crippen LogP contribution in [0.15, 0.2) is 22.7 Å². The van der Waals surface area contributed by atoms with Crippen LogP contribution in [-0.2, 0) is 0 Å². The maximum atomic E-state index is 11.1. The molecule has 0 unspecified atom stereocenters. The average molecular weight is 300 g/mol. The van der Waals surface area contributed by atoms with Crippen LogP contribution >= 0.6 is 15.9 Å². The van der Waals surface area contributed by atoms with Crippen LogP contribution < -0.4 is 4.90 Å². The van der Waals surface area contributed by atoms with E-state index in [0.29, 0.717) is 10.2 Å². The van der Waals surface area contributed by atoms with Crippen LogP contribution in [0.1, 0.15) is 0 Å². The SMILES string of the molecule is CN1CCN(c2cccc(Br)c2[N+](=O)[O-])CC1. The molecular formula is C11H14BrN3O2. The molecule has 1 aliphatic heterocycles. The lowest BCUT2D eigenvalue weighted by molar-refractivity contribution is -0.384. The van der Waals surface area contributed by atoms with E-state index in [1.54, 1.807) is 6.07 Å². The molecule has 5 nitrogen and oxygen atoms in total. The van der Waals surface area contributed by atoms with Gasteiger partial charge < -0.3 is 9.80 Å². The Kier molecular flexibility index (Phi) is 3.63. The zero-order valence-electron chi connectivity index (χ0n) is 9.60. The molecule has 0 aromatic heterocycles. The fraction of sp³-hybridized carbons (Fsp3) is 0.455. The third kappa shape index (κ3) is 2.58. The predicted octanol–water partition coefficient (Wildman–Crippen LogP) is 2.11. The number of likely N-dealkylation sites (N-methyl/N-ethyl adjacent to an activating group) is 1. The number of hydrogen-bond donors (Lipinski definition) is 0. The van der Waals surface area contributed by atoms with Crippen molar-refractivity contribution in [1.82, 2.24) is 4.90 Å². The van der Waals surface area contributed by atoms with Gasteiger partial charge in [0.2, 0.25) is 0 Å². The summed E-state index contributed by atoms with van der Waals surface area (Å²) < 4.78 is 0.541. The molecule has 0 saturated carbocycles. The van der Waals surface area contributed by atoms with Gasteiger partial charge >= 0.3 is 5.69 Å². The normalized spacial score (nSPS) is 17.2. The number of piperazine rings is 1. The highest BCUT2D eigenvalue weighted by atomic mass is 79.9. The van der Waals surface area contributed by atoms with Crippen LogP contribution in [0.5, 0.6) is 0 Å². The summed E-state index contributed by atoms with van der Waals surface area (Å²) in [5.41, 5.74) is 0.870. The molecule has 1 aromatic rings. The van der Waals surface area contributed by atoms with E-state index in [1.165, 1.54) is 0 Å². The zero-order valence-corrected chi connectivity index (χ0v) is 11.2. The Bertz CT molecular complexity index is 431. The number of nitro groups is 1. The van der Waals surface area contributed by atoms with Crippen LogP contribution in [0.3, 0.4) is 0 Å². The fourth-order valence-corrected chi connectivity index (χ4v) is 2.49. The van der Waals surface area contributed by atoms with Gasteiger partial charge in [0, 0.05) is 26.2 Å². The van der Waals surface area contributed by atoms with E-state index in [0.717, 1.165) is 26.2 Å². The van der Waals surface area contributed by atoms with Gasteiger partial charge in [-0.15, -0.1) is 0 Å². The molecule has 0 radical (unpaired) electrons. The molecule has 92 valence electrons. The maximum Gasteiger partial charge on any atom is 0.306 e. The molecule has 1 aromatic carbocycles. The van der Waals surface area contributed by atoms with Crippen molar-refractivity contribution in [2.24, 2.45) is 0 Å². The molecule has 0 amide bonds. The van der Waals surface area contributed by atoms with E-state index in [2.05, 4.69) is 32.8 Å². The standard InChI is InChI=1S/C11H14BrN3O2/c1-13-5-7-14(8-6-13)10-4-2-3-9(12)11(10)15(16)17/h2-4H,5-8H2,1H3. The zero-order chi connectivity index (χ0) is 12.4. The molecule has 1 heterocycles. The number of halogens is 1. The summed E-state index contributed by atoms with van der Waals surface area (Å²) in [7, 11) is 2.06. The van der Waals surface area contributed by atoms with E-state index in [-0.39, 0.29) is 10.6 Å². The quantitative estimate of drug-likeness (QED) is 0.620. The van der Waals surface area contributed by atoms with Gasteiger partial charge in [-0.05, 0) is 35.1 Å². The van der Waals surface area contributed by atoms with Crippen molar-refractivity contribution in [1.29, 1.82) is 0 Å². The number of benzene rings is 1. The summed E-state index contributed by atoms with van der Waals surface area (Å²) in [5, 5.41) is 11.1. The summed E-state index contributed by atoms with van der Waals surface area (Å²) in [6.45, 7) is 3.52. The van der Waals surface area contributed by atoms with Crippen molar-refractivity contribution in [2.75, 3.05) is 38.1 Å². The Labute approximate surface area is 108 Å². The Hall–Kier alpha value is -1.14. The van der Waals surface area contributed by atoms with Gasteiger partial charge in [-0.1, -0.05) is 6.07 Å². The van der Waals surface area contributed by atoms with Gasteiger partial charge in [0.05, 0.1) is 9.40 Å². The number of rotatable bonds is 2. The molecule has 1 saturated heterocycles. The van der Waals surface area contributed by atoms with Gasteiger partial charge in [0.1, 0.15) is 5.69 Å². The number of nitro benzene ring substituents is 1. The highest BCUT2D eigenvalue weighted by Gasteiger charge is 2.24. The average Bonchev–Trinajstić information content (AvgIpc) is 2.29. The topological polar surface area (TPSA) is 49.6 Å². The van der Waals surface area contributed by atoms with Gasteiger partial charge in [-0.25, -0.2) is 0 Å². The molecular weight excluding hydrogens is 286 g/mol. The first kappa shape index (κ1) is 12.3. The van der Waals surface area contributed by atoms with E-state index < -0.39 is 0 Å². The molecule has 0 N–H and O–H groups in total. The summed E-state index contributed by atoms with van der Waals surface area (Å²) in [4.78, 5) is 15.1. The van der Waals surface area contributed by atoms with Gasteiger partial charge in [-0.3, -0.25) is 10.1 Å². The molecule has 0 bridgehead atoms. The molecule has 0 aliphatic carbocycles. The highest BCUT2D eigenvalue weighted by molar-refractivity contribution is 9.10. The van der Waals surface area contributed by atoms with Crippen LogP contribution in [0.2, 0.25) is 0 Å². The summed E-state index contributed by atoms with van der Waals surface area (Å²) in [6, 6.07) is 5.36. The van der Waals surface area contributed by atoms with E-state index in [9.17, 15) is 10.1 Å². The van der Waals surface area contributed by atoms with Crippen molar-refractivity contribution in [3.63, 3.8) is 0 Å². The Morgan fingerprint density at radius 2 is 1.94 bits per heavy atom. The highest BCUT2D eigenvalue weighted by Crippen LogP contribution is 2.35. The summed E-state index contributed by atoms with van der Waals surface area (Å²) in [5.74, 6) is 0. The summed E-state index contributed by atoms with van der Waals surface area (Å²) in [6.07, 6.45) is 0. The minimum absolute atomic E-state index is 0.164. The largest absolute Gasteiger partial charge is 0.363 e. The predicted molar refractivity (Wildman–Crippen MR) is 70.5 cm³/mol. The second-order valence-electron chi connectivity index (χ2n) is 4.16. The van der Waals surface area contributed by atoms with Crippen molar-refractivity contribution in [2.45, 2.75) is 0 Å². The molecule has 2 rings (SSSR count). The molecule has 0 atom stereocenters. The minimum Gasteiger partial charge on any atom is -0.363 e. The van der Waals surface area contributed by atoms with Crippen LogP contribution in [-0.4, -0.2) is 43.0 Å². The lowest BCUT2D eigenvalue weighted by Gasteiger charge is -2.33. The lowest BCUT2D eigenvalue weighted by Crippen LogP contribution is -2.44. The monoisotopic (exact) mass is 299 g/mol. The maximum absolute atomic E-state index is 11.1. The molecule has 0 spiro atoms. The molecule has 1 aliphatic rings. The molecule has 1 fully saturated rings.